The Morgan fingerprint density at radius 2 is 1.45 bits per heavy atom. The number of anilines is 1. The summed E-state index contributed by atoms with van der Waals surface area (Å²) in [6.07, 6.45) is 0.314. The van der Waals surface area contributed by atoms with Crippen LogP contribution in [-0.2, 0) is 11.2 Å². The van der Waals surface area contributed by atoms with Crippen LogP contribution in [0.25, 0.3) is 21.7 Å². The molecule has 0 radical (unpaired) electrons. The molecule has 2 N–H and O–H groups in total. The van der Waals surface area contributed by atoms with E-state index in [1.165, 1.54) is 11.3 Å². The Balaban J connectivity index is 1.18. The standard InChI is InChI=1S/C31H24N4O4S/c36-28(23-13-11-22(12-14-23)21-9-5-2-6-10-21)32-25(17-20-7-3-1-4-8-20)29(37)33-31-35-34-30(40-31)24-15-16-26-27(18-24)39-19-38-26/h1-16,18,25H,17,19H2,(H,32,36)(H,33,35,37). The molecule has 9 heteroatoms. The number of rotatable bonds is 8. The number of amides is 2. The fraction of sp³-hybridized carbons (Fsp3) is 0.0968. The van der Waals surface area contributed by atoms with Crippen LogP contribution >= 0.6 is 11.3 Å². The molecular formula is C31H24N4O4S. The Kier molecular flexibility index (Phi) is 7.19. The molecule has 1 aliphatic rings. The van der Waals surface area contributed by atoms with Gasteiger partial charge in [0.1, 0.15) is 11.0 Å². The van der Waals surface area contributed by atoms with Crippen LogP contribution in [0.15, 0.2) is 103 Å². The quantitative estimate of drug-likeness (QED) is 0.262. The lowest BCUT2D eigenvalue weighted by molar-refractivity contribution is -0.118. The Morgan fingerprint density at radius 1 is 0.775 bits per heavy atom. The molecule has 1 aliphatic heterocycles. The number of hydrogen-bond acceptors (Lipinski definition) is 7. The number of carbonyl (C=O) groups excluding carboxylic acids is 2. The number of benzene rings is 4. The van der Waals surface area contributed by atoms with E-state index in [0.29, 0.717) is 33.6 Å². The fourth-order valence-corrected chi connectivity index (χ4v) is 5.10. The number of fused-ring (bicyclic) bond motifs is 1. The predicted molar refractivity (Wildman–Crippen MR) is 153 cm³/mol. The van der Waals surface area contributed by atoms with Crippen LogP contribution in [0.5, 0.6) is 11.5 Å². The van der Waals surface area contributed by atoms with Crippen molar-refractivity contribution >= 4 is 28.3 Å². The van der Waals surface area contributed by atoms with Gasteiger partial charge in [-0.2, -0.15) is 0 Å². The van der Waals surface area contributed by atoms with Gasteiger partial charge in [-0.15, -0.1) is 10.2 Å². The topological polar surface area (TPSA) is 102 Å². The van der Waals surface area contributed by atoms with Gasteiger partial charge in [-0.05, 0) is 47.0 Å². The average molecular weight is 549 g/mol. The van der Waals surface area contributed by atoms with E-state index in [2.05, 4.69) is 20.8 Å². The number of carbonyl (C=O) groups is 2. The molecular weight excluding hydrogens is 524 g/mol. The predicted octanol–water partition coefficient (Wildman–Crippen LogP) is 5.58. The van der Waals surface area contributed by atoms with Gasteiger partial charge in [0.2, 0.25) is 17.8 Å². The maximum Gasteiger partial charge on any atom is 0.251 e. The van der Waals surface area contributed by atoms with E-state index in [9.17, 15) is 9.59 Å². The van der Waals surface area contributed by atoms with Crippen molar-refractivity contribution in [2.75, 3.05) is 12.1 Å². The van der Waals surface area contributed by atoms with Gasteiger partial charge in [-0.1, -0.05) is 84.1 Å². The van der Waals surface area contributed by atoms with E-state index < -0.39 is 6.04 Å². The first kappa shape index (κ1) is 25.3. The minimum absolute atomic E-state index is 0.182. The average Bonchev–Trinajstić information content (AvgIpc) is 3.67. The van der Waals surface area contributed by atoms with Gasteiger partial charge in [0.15, 0.2) is 11.5 Å². The summed E-state index contributed by atoms with van der Waals surface area (Å²) in [6.45, 7) is 0.182. The number of nitrogens with one attached hydrogen (secondary N) is 2. The van der Waals surface area contributed by atoms with Crippen LogP contribution in [0.4, 0.5) is 5.13 Å². The molecule has 40 heavy (non-hydrogen) atoms. The van der Waals surface area contributed by atoms with E-state index in [0.717, 1.165) is 22.3 Å². The summed E-state index contributed by atoms with van der Waals surface area (Å²) in [6, 6.07) is 31.5. The third-order valence-electron chi connectivity index (χ3n) is 6.43. The lowest BCUT2D eigenvalue weighted by Gasteiger charge is -2.18. The van der Waals surface area contributed by atoms with E-state index in [1.54, 1.807) is 12.1 Å². The summed E-state index contributed by atoms with van der Waals surface area (Å²) in [7, 11) is 0. The summed E-state index contributed by atoms with van der Waals surface area (Å²) in [5.41, 5.74) is 4.25. The van der Waals surface area contributed by atoms with E-state index in [1.807, 2.05) is 91.0 Å². The molecule has 2 heterocycles. The second kappa shape index (κ2) is 11.4. The maximum atomic E-state index is 13.4. The molecule has 8 nitrogen and oxygen atoms in total. The summed E-state index contributed by atoms with van der Waals surface area (Å²) < 4.78 is 10.8. The molecule has 0 bridgehead atoms. The Hall–Kier alpha value is -5.02. The van der Waals surface area contributed by atoms with Crippen LogP contribution in [0.3, 0.4) is 0 Å². The largest absolute Gasteiger partial charge is 0.454 e. The molecule has 0 saturated carbocycles. The summed E-state index contributed by atoms with van der Waals surface area (Å²) >= 11 is 1.23. The normalized spacial score (nSPS) is 12.5. The SMILES string of the molecule is O=C(NC(Cc1ccccc1)C(=O)Nc1nnc(-c2ccc3c(c2)OCO3)s1)c1ccc(-c2ccccc2)cc1. The molecule has 0 fully saturated rings. The zero-order chi connectivity index (χ0) is 27.3. The molecule has 5 aromatic rings. The molecule has 0 aliphatic carbocycles. The van der Waals surface area contributed by atoms with Gasteiger partial charge in [0.25, 0.3) is 5.91 Å². The van der Waals surface area contributed by atoms with Crippen LogP contribution in [0.2, 0.25) is 0 Å². The zero-order valence-corrected chi connectivity index (χ0v) is 22.1. The van der Waals surface area contributed by atoms with Crippen LogP contribution in [0, 0.1) is 0 Å². The molecule has 0 saturated heterocycles. The second-order valence-electron chi connectivity index (χ2n) is 9.13. The van der Waals surface area contributed by atoms with Crippen molar-refractivity contribution < 1.29 is 19.1 Å². The van der Waals surface area contributed by atoms with Crippen molar-refractivity contribution in [2.45, 2.75) is 12.5 Å². The first-order valence-electron chi connectivity index (χ1n) is 12.7. The third-order valence-corrected chi connectivity index (χ3v) is 7.32. The monoisotopic (exact) mass is 548 g/mol. The third kappa shape index (κ3) is 5.69. The zero-order valence-electron chi connectivity index (χ0n) is 21.2. The van der Waals surface area contributed by atoms with E-state index in [-0.39, 0.29) is 18.6 Å². The van der Waals surface area contributed by atoms with Gasteiger partial charge in [0.05, 0.1) is 0 Å². The Bertz CT molecular complexity index is 1640. The van der Waals surface area contributed by atoms with Crippen molar-refractivity contribution in [3.63, 3.8) is 0 Å². The number of aromatic nitrogens is 2. The van der Waals surface area contributed by atoms with Gasteiger partial charge in [0, 0.05) is 17.5 Å². The van der Waals surface area contributed by atoms with Crippen molar-refractivity contribution in [2.24, 2.45) is 0 Å². The molecule has 1 atom stereocenters. The lowest BCUT2D eigenvalue weighted by atomic mass is 10.0. The molecule has 4 aromatic carbocycles. The van der Waals surface area contributed by atoms with E-state index >= 15 is 0 Å². The summed E-state index contributed by atoms with van der Waals surface area (Å²) in [5.74, 6) is 0.595. The van der Waals surface area contributed by atoms with Gasteiger partial charge >= 0.3 is 0 Å². The minimum atomic E-state index is -0.832. The van der Waals surface area contributed by atoms with Gasteiger partial charge < -0.3 is 14.8 Å². The molecule has 0 spiro atoms. The minimum Gasteiger partial charge on any atom is -0.454 e. The molecule has 198 valence electrons. The highest BCUT2D eigenvalue weighted by atomic mass is 32.1. The fourth-order valence-electron chi connectivity index (χ4n) is 4.36. The summed E-state index contributed by atoms with van der Waals surface area (Å²) in [5, 5.41) is 15.0. The molecule has 1 aromatic heterocycles. The lowest BCUT2D eigenvalue weighted by Crippen LogP contribution is -2.45. The Labute approximate surface area is 234 Å². The maximum absolute atomic E-state index is 13.4. The highest BCUT2D eigenvalue weighted by Gasteiger charge is 2.24. The van der Waals surface area contributed by atoms with Crippen LogP contribution < -0.4 is 20.1 Å². The summed E-state index contributed by atoms with van der Waals surface area (Å²) in [4.78, 5) is 26.6. The molecule has 6 rings (SSSR count). The van der Waals surface area contributed by atoms with Gasteiger partial charge in [-0.25, -0.2) is 0 Å². The van der Waals surface area contributed by atoms with Crippen molar-refractivity contribution in [3.05, 3.63) is 114 Å². The molecule has 2 amide bonds. The van der Waals surface area contributed by atoms with Gasteiger partial charge in [-0.3, -0.25) is 14.9 Å². The molecule has 1 unspecified atom stereocenters. The first-order valence-corrected chi connectivity index (χ1v) is 13.5. The Morgan fingerprint density at radius 3 is 2.23 bits per heavy atom. The van der Waals surface area contributed by atoms with Crippen molar-refractivity contribution in [3.8, 4) is 33.2 Å². The highest BCUT2D eigenvalue weighted by Crippen LogP contribution is 2.37. The van der Waals surface area contributed by atoms with Crippen molar-refractivity contribution in [1.82, 2.24) is 15.5 Å². The highest BCUT2D eigenvalue weighted by molar-refractivity contribution is 7.18. The van der Waals surface area contributed by atoms with Crippen LogP contribution in [0.1, 0.15) is 15.9 Å². The number of ether oxygens (including phenoxy) is 2. The number of nitrogens with zero attached hydrogens (tertiary/aromatic N) is 2. The van der Waals surface area contributed by atoms with E-state index in [4.69, 9.17) is 9.47 Å². The van der Waals surface area contributed by atoms with Crippen LogP contribution in [-0.4, -0.2) is 34.8 Å². The first-order chi connectivity index (χ1) is 19.6. The smallest absolute Gasteiger partial charge is 0.251 e. The second-order valence-corrected chi connectivity index (χ2v) is 10.1. The number of hydrogen-bond donors (Lipinski definition) is 2. The van der Waals surface area contributed by atoms with Crippen molar-refractivity contribution in [1.29, 1.82) is 0 Å².